The molecule has 0 saturated carbocycles. The smallest absolute Gasteiger partial charge is 0.0467 e. The highest BCUT2D eigenvalue weighted by atomic mass is 32.2. The van der Waals surface area contributed by atoms with Crippen LogP contribution in [0.3, 0.4) is 0 Å². The van der Waals surface area contributed by atoms with Crippen LogP contribution in [-0.2, 0) is 6.42 Å². The Morgan fingerprint density at radius 3 is 2.58 bits per heavy atom. The average molecular weight is 267 g/mol. The highest BCUT2D eigenvalue weighted by Crippen LogP contribution is 2.37. The van der Waals surface area contributed by atoms with Crippen LogP contribution in [0.25, 0.3) is 10.9 Å². The van der Waals surface area contributed by atoms with Gasteiger partial charge in [0.05, 0.1) is 0 Å². The van der Waals surface area contributed by atoms with Crippen molar-refractivity contribution in [1.29, 1.82) is 0 Å². The van der Waals surface area contributed by atoms with Gasteiger partial charge in [-0.2, -0.15) is 0 Å². The Labute approximate surface area is 118 Å². The molecule has 2 aromatic carbocycles. The zero-order chi connectivity index (χ0) is 13.2. The van der Waals surface area contributed by atoms with E-state index in [2.05, 4.69) is 67.4 Å². The molecule has 0 fully saturated rings. The fraction of sp³-hybridized carbons (Fsp3) is 0.176. The monoisotopic (exact) mass is 267 g/mol. The number of nitrogens with one attached hydrogen (secondary N) is 1. The first-order valence-corrected chi connectivity index (χ1v) is 7.44. The van der Waals surface area contributed by atoms with Crippen LogP contribution in [0.2, 0.25) is 0 Å². The van der Waals surface area contributed by atoms with Crippen LogP contribution in [-0.4, -0.2) is 4.98 Å². The Morgan fingerprint density at radius 2 is 1.74 bits per heavy atom. The number of benzene rings is 2. The number of aryl methyl sites for hydroxylation is 2. The molecule has 1 nitrogen and oxygen atoms in total. The van der Waals surface area contributed by atoms with Crippen LogP contribution < -0.4 is 0 Å². The molecule has 0 radical (unpaired) electrons. The van der Waals surface area contributed by atoms with E-state index in [0.29, 0.717) is 0 Å². The molecule has 1 N–H and O–H groups in total. The van der Waals surface area contributed by atoms with Gasteiger partial charge < -0.3 is 4.98 Å². The largest absolute Gasteiger partial charge is 0.358 e. The molecule has 19 heavy (non-hydrogen) atoms. The molecule has 0 spiro atoms. The fourth-order valence-electron chi connectivity index (χ4n) is 2.39. The maximum Gasteiger partial charge on any atom is 0.0467 e. The van der Waals surface area contributed by atoms with Crippen LogP contribution in [0.4, 0.5) is 0 Å². The van der Waals surface area contributed by atoms with Crippen molar-refractivity contribution in [3.8, 4) is 0 Å². The van der Waals surface area contributed by atoms with Crippen molar-refractivity contribution < 1.29 is 0 Å². The Hall–Kier alpha value is -1.67. The lowest BCUT2D eigenvalue weighted by Crippen LogP contribution is -1.84. The summed E-state index contributed by atoms with van der Waals surface area (Å²) in [6.45, 7) is 4.36. The summed E-state index contributed by atoms with van der Waals surface area (Å²) in [7, 11) is 0. The Balaban J connectivity index is 2.08. The summed E-state index contributed by atoms with van der Waals surface area (Å²) in [5, 5.41) is 1.32. The zero-order valence-electron chi connectivity index (χ0n) is 11.2. The number of hydrogen-bond acceptors (Lipinski definition) is 1. The van der Waals surface area contributed by atoms with Gasteiger partial charge in [0, 0.05) is 26.4 Å². The third kappa shape index (κ3) is 2.28. The molecule has 0 atom stereocenters. The van der Waals surface area contributed by atoms with Gasteiger partial charge in [-0.25, -0.2) is 0 Å². The first kappa shape index (κ1) is 12.4. The number of rotatable bonds is 3. The Kier molecular flexibility index (Phi) is 3.34. The van der Waals surface area contributed by atoms with Gasteiger partial charge in [0.2, 0.25) is 0 Å². The number of aromatic amines is 1. The van der Waals surface area contributed by atoms with Gasteiger partial charge in [0.1, 0.15) is 0 Å². The summed E-state index contributed by atoms with van der Waals surface area (Å²) in [5.41, 5.74) is 3.88. The molecular formula is C17H17NS. The van der Waals surface area contributed by atoms with Crippen molar-refractivity contribution in [2.45, 2.75) is 30.1 Å². The molecule has 0 saturated heterocycles. The first-order valence-electron chi connectivity index (χ1n) is 6.62. The molecule has 96 valence electrons. The quantitative estimate of drug-likeness (QED) is 0.690. The zero-order valence-corrected chi connectivity index (χ0v) is 12.1. The highest BCUT2D eigenvalue weighted by molar-refractivity contribution is 7.99. The summed E-state index contributed by atoms with van der Waals surface area (Å²) in [5.74, 6) is 0. The molecule has 1 heterocycles. The van der Waals surface area contributed by atoms with Gasteiger partial charge >= 0.3 is 0 Å². The number of aromatic nitrogens is 1. The molecule has 3 aromatic rings. The van der Waals surface area contributed by atoms with Crippen molar-refractivity contribution in [2.24, 2.45) is 0 Å². The van der Waals surface area contributed by atoms with E-state index in [9.17, 15) is 0 Å². The fourth-order valence-corrected chi connectivity index (χ4v) is 3.59. The molecule has 0 aliphatic rings. The molecular weight excluding hydrogens is 250 g/mol. The second kappa shape index (κ2) is 5.14. The van der Waals surface area contributed by atoms with Crippen molar-refractivity contribution in [3.63, 3.8) is 0 Å². The van der Waals surface area contributed by atoms with E-state index in [1.54, 1.807) is 0 Å². The lowest BCUT2D eigenvalue weighted by molar-refractivity contribution is 1.08. The van der Waals surface area contributed by atoms with Crippen LogP contribution in [0.15, 0.2) is 58.3 Å². The topological polar surface area (TPSA) is 15.8 Å². The molecule has 2 heteroatoms. The standard InChI is InChI=1S/C17H17NS/c1-3-13-8-4-7-11-16(13)19-17-12(2)18-15-10-6-5-9-14(15)17/h4-11,18H,3H2,1-2H3. The normalized spacial score (nSPS) is 11.1. The molecule has 0 unspecified atom stereocenters. The average Bonchev–Trinajstić information content (AvgIpc) is 2.76. The van der Waals surface area contributed by atoms with Crippen LogP contribution in [0.5, 0.6) is 0 Å². The molecule has 3 rings (SSSR count). The second-order valence-corrected chi connectivity index (χ2v) is 5.74. The highest BCUT2D eigenvalue weighted by Gasteiger charge is 2.10. The lowest BCUT2D eigenvalue weighted by atomic mass is 10.2. The minimum absolute atomic E-state index is 1.07. The minimum Gasteiger partial charge on any atom is -0.358 e. The van der Waals surface area contributed by atoms with Gasteiger partial charge in [0.15, 0.2) is 0 Å². The number of para-hydroxylation sites is 1. The molecule has 0 aliphatic heterocycles. The van der Waals surface area contributed by atoms with E-state index in [1.807, 2.05) is 11.8 Å². The van der Waals surface area contributed by atoms with Crippen LogP contribution >= 0.6 is 11.8 Å². The minimum atomic E-state index is 1.07. The van der Waals surface area contributed by atoms with Gasteiger partial charge in [-0.1, -0.05) is 55.1 Å². The van der Waals surface area contributed by atoms with E-state index in [0.717, 1.165) is 6.42 Å². The van der Waals surface area contributed by atoms with Gasteiger partial charge in [-0.3, -0.25) is 0 Å². The van der Waals surface area contributed by atoms with E-state index >= 15 is 0 Å². The maximum atomic E-state index is 3.46. The number of fused-ring (bicyclic) bond motifs is 1. The summed E-state index contributed by atoms with van der Waals surface area (Å²) in [6.07, 6.45) is 1.07. The van der Waals surface area contributed by atoms with Crippen molar-refractivity contribution in [2.75, 3.05) is 0 Å². The predicted molar refractivity (Wildman–Crippen MR) is 83.0 cm³/mol. The third-order valence-electron chi connectivity index (χ3n) is 3.40. The molecule has 0 amide bonds. The number of hydrogen-bond donors (Lipinski definition) is 1. The maximum absolute atomic E-state index is 3.46. The summed E-state index contributed by atoms with van der Waals surface area (Å²) in [6, 6.07) is 17.2. The number of H-pyrrole nitrogens is 1. The summed E-state index contributed by atoms with van der Waals surface area (Å²) in [4.78, 5) is 6.17. The Morgan fingerprint density at radius 1 is 1.00 bits per heavy atom. The Bertz CT molecular complexity index is 712. The first-order chi connectivity index (χ1) is 9.29. The SMILES string of the molecule is CCc1ccccc1Sc1c(C)[nH]c2ccccc12. The van der Waals surface area contributed by atoms with Crippen molar-refractivity contribution in [1.82, 2.24) is 4.98 Å². The van der Waals surface area contributed by atoms with Crippen molar-refractivity contribution >= 4 is 22.7 Å². The van der Waals surface area contributed by atoms with E-state index in [1.165, 1.54) is 32.0 Å². The summed E-state index contributed by atoms with van der Waals surface area (Å²) >= 11 is 1.87. The van der Waals surface area contributed by atoms with Gasteiger partial charge in [0.25, 0.3) is 0 Å². The molecule has 0 bridgehead atoms. The lowest BCUT2D eigenvalue weighted by Gasteiger charge is -2.07. The van der Waals surface area contributed by atoms with Crippen LogP contribution in [0, 0.1) is 6.92 Å². The molecule has 1 aromatic heterocycles. The molecule has 0 aliphatic carbocycles. The van der Waals surface area contributed by atoms with E-state index < -0.39 is 0 Å². The van der Waals surface area contributed by atoms with E-state index in [-0.39, 0.29) is 0 Å². The van der Waals surface area contributed by atoms with Gasteiger partial charge in [-0.15, -0.1) is 0 Å². The van der Waals surface area contributed by atoms with E-state index in [4.69, 9.17) is 0 Å². The predicted octanol–water partition coefficient (Wildman–Crippen LogP) is 5.19. The van der Waals surface area contributed by atoms with Gasteiger partial charge in [-0.05, 0) is 31.0 Å². The summed E-state index contributed by atoms with van der Waals surface area (Å²) < 4.78 is 0. The second-order valence-electron chi connectivity index (χ2n) is 4.69. The van der Waals surface area contributed by atoms with Crippen molar-refractivity contribution in [3.05, 3.63) is 59.8 Å². The van der Waals surface area contributed by atoms with Crippen LogP contribution in [0.1, 0.15) is 18.2 Å². The third-order valence-corrected chi connectivity index (χ3v) is 4.75.